The molecule has 1 unspecified atom stereocenters. The fourth-order valence-electron chi connectivity index (χ4n) is 0.681. The molecule has 1 atom stereocenters. The zero-order chi connectivity index (χ0) is 8.36. The summed E-state index contributed by atoms with van der Waals surface area (Å²) in [7, 11) is -4.06. The third kappa shape index (κ3) is 4.54. The summed E-state index contributed by atoms with van der Waals surface area (Å²) in [6.45, 7) is 1.59. The van der Waals surface area contributed by atoms with E-state index >= 15 is 0 Å². The molecule has 0 aliphatic carbocycles. The maximum atomic E-state index is 10.4. The lowest BCUT2D eigenvalue weighted by atomic mass is 10.3. The third-order valence-electron chi connectivity index (χ3n) is 1.21. The number of nitrogens with two attached hydrogens (primary N) is 2. The fourth-order valence-corrected chi connectivity index (χ4v) is 1.50. The summed E-state index contributed by atoms with van der Waals surface area (Å²) >= 11 is 0. The average molecular weight is 205 g/mol. The highest BCUT2D eigenvalue weighted by atomic mass is 35.5. The van der Waals surface area contributed by atoms with Gasteiger partial charge in [-0.15, -0.1) is 12.4 Å². The summed E-state index contributed by atoms with van der Waals surface area (Å²) < 4.78 is 29.3. The Morgan fingerprint density at radius 3 is 1.82 bits per heavy atom. The first-order valence-corrected chi connectivity index (χ1v) is 4.37. The normalized spacial score (nSPS) is 14.3. The monoisotopic (exact) mass is 204 g/mol. The first-order chi connectivity index (χ1) is 4.39. The maximum absolute atomic E-state index is 10.4. The molecule has 0 aromatic rings. The predicted octanol–water partition coefficient (Wildman–Crippen LogP) is -0.682. The first-order valence-electron chi connectivity index (χ1n) is 2.87. The van der Waals surface area contributed by atoms with Crippen LogP contribution in [0.5, 0.6) is 0 Å². The second-order valence-electron chi connectivity index (χ2n) is 2.04. The molecule has 0 rings (SSSR count). The minimum absolute atomic E-state index is 0. The Labute approximate surface area is 72.3 Å². The lowest BCUT2D eigenvalue weighted by Gasteiger charge is -2.14. The fraction of sp³-hybridized carbons (Fsp3) is 1.00. The van der Waals surface area contributed by atoms with E-state index in [0.29, 0.717) is 0 Å². The van der Waals surface area contributed by atoms with Crippen LogP contribution in [0, 0.1) is 0 Å². The van der Waals surface area contributed by atoms with Gasteiger partial charge in [0.25, 0.3) is 10.1 Å². The van der Waals surface area contributed by atoms with Crippen LogP contribution < -0.4 is 11.5 Å². The molecule has 0 bridgehead atoms. The van der Waals surface area contributed by atoms with Gasteiger partial charge in [-0.25, -0.2) is 0 Å². The van der Waals surface area contributed by atoms with Gasteiger partial charge in [0, 0.05) is 0 Å². The van der Waals surface area contributed by atoms with Crippen molar-refractivity contribution < 1.29 is 13.0 Å². The maximum Gasteiger partial charge on any atom is 0.270 e. The van der Waals surface area contributed by atoms with Crippen molar-refractivity contribution in [2.45, 2.75) is 24.8 Å². The van der Waals surface area contributed by atoms with E-state index in [1.54, 1.807) is 6.92 Å². The zero-order valence-corrected chi connectivity index (χ0v) is 7.73. The summed E-state index contributed by atoms with van der Waals surface area (Å²) in [5.41, 5.74) is 10.1. The van der Waals surface area contributed by atoms with E-state index in [4.69, 9.17) is 16.0 Å². The van der Waals surface area contributed by atoms with Crippen LogP contribution in [0.15, 0.2) is 0 Å². The zero-order valence-electron chi connectivity index (χ0n) is 6.10. The van der Waals surface area contributed by atoms with E-state index in [1.807, 2.05) is 0 Å². The van der Waals surface area contributed by atoms with Gasteiger partial charge in [-0.05, 0) is 6.42 Å². The van der Waals surface area contributed by atoms with Crippen molar-refractivity contribution in [3.63, 3.8) is 0 Å². The van der Waals surface area contributed by atoms with Gasteiger partial charge < -0.3 is 11.5 Å². The van der Waals surface area contributed by atoms with E-state index in [9.17, 15) is 8.42 Å². The largest absolute Gasteiger partial charge is 0.315 e. The summed E-state index contributed by atoms with van der Waals surface area (Å²) in [4.78, 5) is 0. The van der Waals surface area contributed by atoms with Gasteiger partial charge in [-0.1, -0.05) is 6.92 Å². The SMILES string of the molecule is CCC(C(N)N)S(=O)(=O)O.Cl. The van der Waals surface area contributed by atoms with Crippen molar-refractivity contribution in [1.82, 2.24) is 0 Å². The molecule has 0 amide bonds. The highest BCUT2D eigenvalue weighted by Gasteiger charge is 2.24. The van der Waals surface area contributed by atoms with Gasteiger partial charge in [0.2, 0.25) is 0 Å². The number of hydrogen-bond acceptors (Lipinski definition) is 4. The summed E-state index contributed by atoms with van der Waals surface area (Å²) in [6.07, 6.45) is -0.795. The predicted molar refractivity (Wildman–Crippen MR) is 45.0 cm³/mol. The summed E-state index contributed by atoms with van der Waals surface area (Å²) in [5.74, 6) is 0. The molecule has 70 valence electrons. The van der Waals surface area contributed by atoms with E-state index in [1.165, 1.54) is 0 Å². The van der Waals surface area contributed by atoms with Gasteiger partial charge >= 0.3 is 0 Å². The average Bonchev–Trinajstić information content (AvgIpc) is 1.60. The van der Waals surface area contributed by atoms with Crippen LogP contribution in [0.25, 0.3) is 0 Å². The minimum Gasteiger partial charge on any atom is -0.315 e. The van der Waals surface area contributed by atoms with Crippen molar-refractivity contribution in [2.24, 2.45) is 11.5 Å². The van der Waals surface area contributed by atoms with Crippen molar-refractivity contribution in [2.75, 3.05) is 0 Å². The number of hydrogen-bond donors (Lipinski definition) is 3. The highest BCUT2D eigenvalue weighted by Crippen LogP contribution is 2.03. The molecule has 0 spiro atoms. The molecule has 0 saturated heterocycles. The standard InChI is InChI=1S/C4H12N2O3S.ClH/c1-2-3(4(5)6)10(7,8)9;/h3-4H,2,5-6H2,1H3,(H,7,8,9);1H. The van der Waals surface area contributed by atoms with Crippen molar-refractivity contribution in [3.8, 4) is 0 Å². The number of halogens is 1. The molecule has 5 N–H and O–H groups in total. The van der Waals surface area contributed by atoms with E-state index in [2.05, 4.69) is 0 Å². The van der Waals surface area contributed by atoms with Gasteiger partial charge in [-0.2, -0.15) is 8.42 Å². The molecule has 0 fully saturated rings. The lowest BCUT2D eigenvalue weighted by molar-refractivity contribution is 0.449. The molecule has 0 aliphatic heterocycles. The molecule has 7 heteroatoms. The van der Waals surface area contributed by atoms with E-state index < -0.39 is 21.5 Å². The topological polar surface area (TPSA) is 106 Å². The Hall–Kier alpha value is 0.120. The molecule has 0 aliphatic rings. The molecule has 11 heavy (non-hydrogen) atoms. The van der Waals surface area contributed by atoms with Gasteiger partial charge in [0.05, 0.1) is 6.17 Å². The van der Waals surface area contributed by atoms with Crippen LogP contribution in [0.1, 0.15) is 13.3 Å². The van der Waals surface area contributed by atoms with Crippen LogP contribution in [-0.2, 0) is 10.1 Å². The minimum atomic E-state index is -4.06. The summed E-state index contributed by atoms with van der Waals surface area (Å²) in [6, 6.07) is 0. The molecular formula is C4H13ClN2O3S. The summed E-state index contributed by atoms with van der Waals surface area (Å²) in [5, 5.41) is -1.05. The third-order valence-corrected chi connectivity index (χ3v) is 2.63. The quantitative estimate of drug-likeness (QED) is 0.417. The second kappa shape index (κ2) is 4.89. The number of rotatable bonds is 3. The van der Waals surface area contributed by atoms with Gasteiger partial charge in [-0.3, -0.25) is 4.55 Å². The molecule has 0 heterocycles. The second-order valence-corrected chi connectivity index (χ2v) is 3.67. The van der Waals surface area contributed by atoms with Crippen LogP contribution in [-0.4, -0.2) is 24.4 Å². The van der Waals surface area contributed by atoms with Crippen LogP contribution in [0.2, 0.25) is 0 Å². The van der Waals surface area contributed by atoms with Crippen LogP contribution in [0.3, 0.4) is 0 Å². The Morgan fingerprint density at radius 1 is 1.45 bits per heavy atom. The Kier molecular flexibility index (Phi) is 6.09. The van der Waals surface area contributed by atoms with Gasteiger partial charge in [0.1, 0.15) is 5.25 Å². The van der Waals surface area contributed by atoms with Crippen molar-refractivity contribution >= 4 is 22.5 Å². The van der Waals surface area contributed by atoms with E-state index in [-0.39, 0.29) is 18.8 Å². The Balaban J connectivity index is 0. The highest BCUT2D eigenvalue weighted by molar-refractivity contribution is 7.86. The molecule has 5 nitrogen and oxygen atoms in total. The van der Waals surface area contributed by atoms with Crippen LogP contribution >= 0.6 is 12.4 Å². The van der Waals surface area contributed by atoms with Crippen molar-refractivity contribution in [3.05, 3.63) is 0 Å². The molecule has 0 saturated carbocycles. The molecular weight excluding hydrogens is 192 g/mol. The van der Waals surface area contributed by atoms with E-state index in [0.717, 1.165) is 0 Å². The first kappa shape index (κ1) is 13.7. The Bertz CT molecular complexity index is 192. The van der Waals surface area contributed by atoms with Crippen molar-refractivity contribution in [1.29, 1.82) is 0 Å². The van der Waals surface area contributed by atoms with Crippen LogP contribution in [0.4, 0.5) is 0 Å². The smallest absolute Gasteiger partial charge is 0.270 e. The molecule has 0 radical (unpaired) electrons. The van der Waals surface area contributed by atoms with Gasteiger partial charge in [0.15, 0.2) is 0 Å². The molecule has 0 aromatic heterocycles. The molecule has 0 aromatic carbocycles. The lowest BCUT2D eigenvalue weighted by Crippen LogP contribution is -2.46. The Morgan fingerprint density at radius 2 is 1.82 bits per heavy atom.